The summed E-state index contributed by atoms with van der Waals surface area (Å²) >= 11 is 0. The number of hydrogen-bond donors (Lipinski definition) is 3. The molecule has 5 rings (SSSR count). The number of pyridine rings is 1. The first-order valence-corrected chi connectivity index (χ1v) is 12.1. The molecule has 1 aromatic heterocycles. The van der Waals surface area contributed by atoms with Gasteiger partial charge in [0.25, 0.3) is 0 Å². The zero-order valence-corrected chi connectivity index (χ0v) is 17.9. The minimum atomic E-state index is -2.80. The largest absolute Gasteiger partial charge is 0.379 e. The van der Waals surface area contributed by atoms with Crippen molar-refractivity contribution in [3.63, 3.8) is 0 Å². The van der Waals surface area contributed by atoms with Crippen LogP contribution in [0.2, 0.25) is 0 Å². The molecule has 7 heteroatoms. The number of aryl methyl sites for hydroxylation is 1. The number of nitrogens with zero attached hydrogens (tertiary/aromatic N) is 2. The van der Waals surface area contributed by atoms with Gasteiger partial charge in [-0.2, -0.15) is 10.6 Å². The summed E-state index contributed by atoms with van der Waals surface area (Å²) in [5.74, 6) is 1.15. The summed E-state index contributed by atoms with van der Waals surface area (Å²) in [7, 11) is -2.80. The highest BCUT2D eigenvalue weighted by Crippen LogP contribution is 2.51. The van der Waals surface area contributed by atoms with Crippen molar-refractivity contribution in [1.29, 1.82) is 0 Å². The SMILES string of the molecule is Cc1ccc2nc(N3CCS(O)(O)c4ccccc4C3)cc(N[C@@H]3CCOC3)c2c1. The number of rotatable bonds is 3. The second kappa shape index (κ2) is 7.74. The quantitative estimate of drug-likeness (QED) is 0.556. The Labute approximate surface area is 178 Å². The number of fused-ring (bicyclic) bond motifs is 2. The van der Waals surface area contributed by atoms with E-state index in [4.69, 9.17) is 9.72 Å². The Morgan fingerprint density at radius 3 is 2.87 bits per heavy atom. The topological polar surface area (TPSA) is 77.9 Å². The molecule has 3 N–H and O–H groups in total. The van der Waals surface area contributed by atoms with E-state index in [1.165, 1.54) is 5.56 Å². The number of anilines is 2. The second-order valence-corrected chi connectivity index (χ2v) is 10.3. The summed E-state index contributed by atoms with van der Waals surface area (Å²) in [5.41, 5.74) is 4.13. The molecule has 1 saturated heterocycles. The van der Waals surface area contributed by atoms with Gasteiger partial charge in [0.1, 0.15) is 5.82 Å². The fraction of sp³-hybridized carbons (Fsp3) is 0.348. The van der Waals surface area contributed by atoms with Crippen molar-refractivity contribution in [3.8, 4) is 0 Å². The van der Waals surface area contributed by atoms with Gasteiger partial charge >= 0.3 is 0 Å². The fourth-order valence-corrected chi connectivity index (χ4v) is 5.80. The lowest BCUT2D eigenvalue weighted by Crippen LogP contribution is -2.26. The third-order valence-corrected chi connectivity index (χ3v) is 7.75. The van der Waals surface area contributed by atoms with E-state index >= 15 is 0 Å². The number of ether oxygens (including phenoxy) is 1. The van der Waals surface area contributed by atoms with Crippen molar-refractivity contribution in [2.24, 2.45) is 0 Å². The van der Waals surface area contributed by atoms with Gasteiger partial charge in [-0.25, -0.2) is 4.98 Å². The van der Waals surface area contributed by atoms with E-state index in [1.54, 1.807) is 0 Å². The van der Waals surface area contributed by atoms with E-state index < -0.39 is 10.6 Å². The van der Waals surface area contributed by atoms with Crippen LogP contribution in [0.1, 0.15) is 17.5 Å². The zero-order valence-electron chi connectivity index (χ0n) is 17.0. The van der Waals surface area contributed by atoms with E-state index in [0.717, 1.165) is 41.0 Å². The highest BCUT2D eigenvalue weighted by atomic mass is 32.3. The Balaban J connectivity index is 1.56. The molecule has 0 unspecified atom stereocenters. The number of hydrogen-bond acceptors (Lipinski definition) is 6. The molecule has 0 saturated carbocycles. The van der Waals surface area contributed by atoms with Crippen LogP contribution in [0.5, 0.6) is 0 Å². The highest BCUT2D eigenvalue weighted by molar-refractivity contribution is 8.24. The number of benzene rings is 2. The summed E-state index contributed by atoms with van der Waals surface area (Å²) in [6, 6.07) is 16.3. The van der Waals surface area contributed by atoms with E-state index in [0.29, 0.717) is 36.4 Å². The minimum Gasteiger partial charge on any atom is -0.379 e. The van der Waals surface area contributed by atoms with Crippen LogP contribution in [0, 0.1) is 6.92 Å². The lowest BCUT2D eigenvalue weighted by molar-refractivity contribution is 0.195. The molecule has 0 radical (unpaired) electrons. The summed E-state index contributed by atoms with van der Waals surface area (Å²) < 4.78 is 26.9. The van der Waals surface area contributed by atoms with E-state index in [9.17, 15) is 9.11 Å². The molecule has 1 fully saturated rings. The Morgan fingerprint density at radius 2 is 2.03 bits per heavy atom. The molecule has 2 aliphatic rings. The normalized spacial score (nSPS) is 21.8. The number of aromatic nitrogens is 1. The average Bonchev–Trinajstić information content (AvgIpc) is 3.20. The molecule has 0 spiro atoms. The molecule has 1 atom stereocenters. The van der Waals surface area contributed by atoms with Gasteiger partial charge in [-0.3, -0.25) is 9.11 Å². The maximum atomic E-state index is 10.7. The van der Waals surface area contributed by atoms with Gasteiger partial charge in [-0.05, 0) is 37.1 Å². The van der Waals surface area contributed by atoms with Crippen LogP contribution in [0.4, 0.5) is 11.5 Å². The summed E-state index contributed by atoms with van der Waals surface area (Å²) in [5, 5.41) is 4.76. The third kappa shape index (κ3) is 3.74. The van der Waals surface area contributed by atoms with Crippen molar-refractivity contribution in [2.45, 2.75) is 30.8 Å². The molecule has 3 heterocycles. The number of nitrogens with one attached hydrogen (secondary N) is 1. The van der Waals surface area contributed by atoms with E-state index in [2.05, 4.69) is 41.4 Å². The highest BCUT2D eigenvalue weighted by Gasteiger charge is 2.27. The van der Waals surface area contributed by atoms with Crippen molar-refractivity contribution in [3.05, 3.63) is 59.7 Å². The minimum absolute atomic E-state index is 0.292. The van der Waals surface area contributed by atoms with Crippen molar-refractivity contribution in [1.82, 2.24) is 4.98 Å². The van der Waals surface area contributed by atoms with Gasteiger partial charge in [-0.1, -0.05) is 29.8 Å². The van der Waals surface area contributed by atoms with Gasteiger partial charge < -0.3 is 15.0 Å². The van der Waals surface area contributed by atoms with Crippen molar-refractivity contribution >= 4 is 33.0 Å². The molecule has 30 heavy (non-hydrogen) atoms. The lowest BCUT2D eigenvalue weighted by Gasteiger charge is -2.32. The Hall–Kier alpha value is -2.32. The monoisotopic (exact) mass is 425 g/mol. The van der Waals surface area contributed by atoms with Crippen LogP contribution in [-0.4, -0.2) is 45.6 Å². The predicted molar refractivity (Wildman–Crippen MR) is 123 cm³/mol. The van der Waals surface area contributed by atoms with Crippen LogP contribution < -0.4 is 10.2 Å². The first-order valence-electron chi connectivity index (χ1n) is 10.3. The van der Waals surface area contributed by atoms with Crippen LogP contribution >= 0.6 is 10.6 Å². The molecule has 2 aliphatic heterocycles. The maximum Gasteiger partial charge on any atom is 0.131 e. The van der Waals surface area contributed by atoms with Crippen LogP contribution in [0.15, 0.2) is 53.4 Å². The Morgan fingerprint density at radius 1 is 1.17 bits per heavy atom. The molecule has 0 aliphatic carbocycles. The van der Waals surface area contributed by atoms with E-state index in [1.807, 2.05) is 24.3 Å². The molecular weight excluding hydrogens is 398 g/mol. The molecular formula is C23H27N3O3S. The van der Waals surface area contributed by atoms with Crippen LogP contribution in [-0.2, 0) is 11.3 Å². The van der Waals surface area contributed by atoms with Crippen molar-refractivity contribution < 1.29 is 13.8 Å². The third-order valence-electron chi connectivity index (χ3n) is 5.90. The summed E-state index contributed by atoms with van der Waals surface area (Å²) in [6.45, 7) is 4.72. The first kappa shape index (κ1) is 19.6. The lowest BCUT2D eigenvalue weighted by atomic mass is 10.1. The molecule has 0 bridgehead atoms. The van der Waals surface area contributed by atoms with Gasteiger partial charge in [0.2, 0.25) is 0 Å². The van der Waals surface area contributed by atoms with Gasteiger partial charge in [0.15, 0.2) is 0 Å². The molecule has 3 aromatic rings. The van der Waals surface area contributed by atoms with E-state index in [-0.39, 0.29) is 0 Å². The van der Waals surface area contributed by atoms with Gasteiger partial charge in [-0.15, -0.1) is 0 Å². The molecule has 0 amide bonds. The first-order chi connectivity index (χ1) is 14.5. The van der Waals surface area contributed by atoms with Crippen molar-refractivity contribution in [2.75, 3.05) is 35.7 Å². The molecule has 158 valence electrons. The van der Waals surface area contributed by atoms with Crippen LogP contribution in [0.3, 0.4) is 0 Å². The predicted octanol–water partition coefficient (Wildman–Crippen LogP) is 4.87. The Kier molecular flexibility index (Phi) is 5.06. The zero-order chi connectivity index (χ0) is 20.7. The van der Waals surface area contributed by atoms with Crippen LogP contribution in [0.25, 0.3) is 10.9 Å². The average molecular weight is 426 g/mol. The Bertz CT molecular complexity index is 1080. The maximum absolute atomic E-state index is 10.7. The smallest absolute Gasteiger partial charge is 0.131 e. The summed E-state index contributed by atoms with van der Waals surface area (Å²) in [4.78, 5) is 7.74. The second-order valence-electron chi connectivity index (χ2n) is 8.15. The van der Waals surface area contributed by atoms with Gasteiger partial charge in [0.05, 0.1) is 28.8 Å². The van der Waals surface area contributed by atoms with Gasteiger partial charge in [0, 0.05) is 36.8 Å². The molecule has 6 nitrogen and oxygen atoms in total. The standard InChI is InChI=1S/C23H27N3O3S/c1-16-6-7-20-19(12-16)21(24-18-8-10-29-15-18)13-23(25-20)26-9-11-30(27,28)22-5-3-2-4-17(22)14-26/h2-7,12-13,18,27-28H,8-11,14-15H2,1H3,(H,24,25)/t18-/m1/s1. The molecule has 2 aromatic carbocycles. The summed E-state index contributed by atoms with van der Waals surface area (Å²) in [6.07, 6.45) is 0.989. The fourth-order valence-electron chi connectivity index (χ4n) is 4.26.